The Morgan fingerprint density at radius 2 is 1.44 bits per heavy atom. The number of hydrogen-bond donors (Lipinski definition) is 0. The number of hydrogen-bond acceptors (Lipinski definition) is 4. The molecule has 2 atom stereocenters. The highest BCUT2D eigenvalue weighted by Crippen LogP contribution is 2.29. The molecule has 4 heteroatoms. The fourth-order valence-corrected chi connectivity index (χ4v) is 3.28. The van der Waals surface area contributed by atoms with E-state index in [-0.39, 0.29) is 18.2 Å². The highest BCUT2D eigenvalue weighted by molar-refractivity contribution is 5.82. The summed E-state index contributed by atoms with van der Waals surface area (Å²) in [6.45, 7) is 8.22. The molecule has 1 rings (SSSR count). The lowest BCUT2D eigenvalue weighted by Crippen LogP contribution is -2.20. The smallest absolute Gasteiger partial charge is 0.330 e. The lowest BCUT2D eigenvalue weighted by Gasteiger charge is -2.15. The monoisotopic (exact) mass is 380 g/mol. The van der Waals surface area contributed by atoms with Crippen LogP contribution >= 0.6 is 0 Å². The first-order valence-electron chi connectivity index (χ1n) is 10.9. The van der Waals surface area contributed by atoms with Gasteiger partial charge in [0.05, 0.1) is 6.61 Å². The molecule has 4 nitrogen and oxygen atoms in total. The van der Waals surface area contributed by atoms with Crippen LogP contribution in [0.15, 0.2) is 24.3 Å². The van der Waals surface area contributed by atoms with Crippen molar-refractivity contribution in [3.63, 3.8) is 0 Å². The molecule has 1 aliphatic heterocycles. The third-order valence-corrected chi connectivity index (χ3v) is 4.67. The molecule has 0 aromatic heterocycles. The van der Waals surface area contributed by atoms with Gasteiger partial charge in [-0.1, -0.05) is 70.4 Å². The summed E-state index contributed by atoms with van der Waals surface area (Å²) >= 11 is 0. The maximum absolute atomic E-state index is 11.5. The Hall–Kier alpha value is -1.13. The second kappa shape index (κ2) is 14.0. The Morgan fingerprint density at radius 1 is 0.889 bits per heavy atom. The van der Waals surface area contributed by atoms with E-state index in [1.165, 1.54) is 63.9 Å². The minimum atomic E-state index is -0.642. The van der Waals surface area contributed by atoms with Gasteiger partial charge < -0.3 is 14.2 Å². The highest BCUT2D eigenvalue weighted by Gasteiger charge is 2.38. The predicted octanol–water partition coefficient (Wildman–Crippen LogP) is 6.10. The van der Waals surface area contributed by atoms with Gasteiger partial charge in [-0.05, 0) is 39.7 Å². The summed E-state index contributed by atoms with van der Waals surface area (Å²) in [4.78, 5) is 11.5. The number of ether oxygens (including phenoxy) is 3. The van der Waals surface area contributed by atoms with E-state index in [9.17, 15) is 4.79 Å². The summed E-state index contributed by atoms with van der Waals surface area (Å²) in [5.74, 6) is -0.987. The van der Waals surface area contributed by atoms with Gasteiger partial charge in [-0.25, -0.2) is 4.79 Å². The van der Waals surface area contributed by atoms with E-state index in [2.05, 4.69) is 19.1 Å². The molecule has 0 amide bonds. The van der Waals surface area contributed by atoms with Crippen LogP contribution in [0.25, 0.3) is 0 Å². The second-order valence-electron chi connectivity index (χ2n) is 7.72. The van der Waals surface area contributed by atoms with E-state index in [4.69, 9.17) is 14.2 Å². The predicted molar refractivity (Wildman–Crippen MR) is 111 cm³/mol. The topological polar surface area (TPSA) is 44.8 Å². The average molecular weight is 381 g/mol. The van der Waals surface area contributed by atoms with Crippen molar-refractivity contribution in [3.8, 4) is 0 Å². The Bertz CT molecular complexity index is 453. The molecule has 0 unspecified atom stereocenters. The molecule has 1 heterocycles. The fraction of sp³-hybridized carbons (Fsp3) is 0.783. The van der Waals surface area contributed by atoms with Gasteiger partial charge in [0.1, 0.15) is 12.2 Å². The van der Waals surface area contributed by atoms with Crippen molar-refractivity contribution in [3.05, 3.63) is 24.3 Å². The van der Waals surface area contributed by atoms with Gasteiger partial charge in [-0.3, -0.25) is 0 Å². The van der Waals surface area contributed by atoms with Crippen molar-refractivity contribution in [1.82, 2.24) is 0 Å². The SMILES string of the molecule is CCCCCCCCCCC/C=C\[C@H]1OC(C)(C)O[C@H]1/C=C\C(=O)OCC. The van der Waals surface area contributed by atoms with Gasteiger partial charge in [0.25, 0.3) is 0 Å². The van der Waals surface area contributed by atoms with Crippen LogP contribution in [0.3, 0.4) is 0 Å². The average Bonchev–Trinajstić information content (AvgIpc) is 2.92. The molecule has 1 fully saturated rings. The van der Waals surface area contributed by atoms with E-state index in [0.717, 1.165) is 6.42 Å². The van der Waals surface area contributed by atoms with Crippen molar-refractivity contribution < 1.29 is 19.0 Å². The Kier molecular flexibility index (Phi) is 12.4. The van der Waals surface area contributed by atoms with Crippen LogP contribution in [0, 0.1) is 0 Å². The molecule has 27 heavy (non-hydrogen) atoms. The van der Waals surface area contributed by atoms with Crippen molar-refractivity contribution in [1.29, 1.82) is 0 Å². The van der Waals surface area contributed by atoms with Crippen LogP contribution in [0.5, 0.6) is 0 Å². The third-order valence-electron chi connectivity index (χ3n) is 4.67. The molecule has 0 N–H and O–H groups in total. The third kappa shape index (κ3) is 11.3. The van der Waals surface area contributed by atoms with Crippen molar-refractivity contribution in [2.24, 2.45) is 0 Å². The van der Waals surface area contributed by atoms with Crippen LogP contribution in [0.2, 0.25) is 0 Å². The van der Waals surface area contributed by atoms with Crippen LogP contribution in [-0.2, 0) is 19.0 Å². The molecule has 156 valence electrons. The summed E-state index contributed by atoms with van der Waals surface area (Å²) in [5.41, 5.74) is 0. The minimum absolute atomic E-state index is 0.163. The van der Waals surface area contributed by atoms with Crippen molar-refractivity contribution in [2.75, 3.05) is 6.61 Å². The first kappa shape index (κ1) is 23.9. The van der Waals surface area contributed by atoms with Gasteiger partial charge in [0.2, 0.25) is 0 Å². The van der Waals surface area contributed by atoms with Crippen LogP contribution in [-0.4, -0.2) is 30.6 Å². The molecule has 0 saturated carbocycles. The van der Waals surface area contributed by atoms with Crippen LogP contribution in [0.1, 0.15) is 91.9 Å². The zero-order chi connectivity index (χ0) is 20.0. The standard InChI is InChI=1S/C23H40O4/c1-5-7-8-9-10-11-12-13-14-15-16-17-20-21(27-23(3,4)26-20)18-19-22(24)25-6-2/h16-21H,5-15H2,1-4H3/b17-16-,19-18-/t20-,21+/m1/s1. The molecule has 0 bridgehead atoms. The molecule has 0 aliphatic carbocycles. The van der Waals surface area contributed by atoms with Crippen molar-refractivity contribution in [2.45, 2.75) is 110 Å². The summed E-state index contributed by atoms with van der Waals surface area (Å²) in [5, 5.41) is 0. The van der Waals surface area contributed by atoms with Gasteiger partial charge >= 0.3 is 5.97 Å². The zero-order valence-corrected chi connectivity index (χ0v) is 17.9. The van der Waals surface area contributed by atoms with Gasteiger partial charge in [0, 0.05) is 6.08 Å². The summed E-state index contributed by atoms with van der Waals surface area (Å²) < 4.78 is 16.7. The normalized spacial score (nSPS) is 22.1. The van der Waals surface area contributed by atoms with Gasteiger partial charge in [-0.2, -0.15) is 0 Å². The quantitative estimate of drug-likeness (QED) is 0.158. The summed E-state index contributed by atoms with van der Waals surface area (Å²) in [6.07, 6.45) is 20.1. The molecular weight excluding hydrogens is 340 g/mol. The number of carbonyl (C=O) groups is 1. The zero-order valence-electron chi connectivity index (χ0n) is 17.9. The molecule has 1 aliphatic rings. The fourth-order valence-electron chi connectivity index (χ4n) is 3.28. The van der Waals surface area contributed by atoms with Gasteiger partial charge in [-0.15, -0.1) is 0 Å². The van der Waals surface area contributed by atoms with Crippen LogP contribution < -0.4 is 0 Å². The Balaban J connectivity index is 2.24. The van der Waals surface area contributed by atoms with E-state index < -0.39 is 5.79 Å². The van der Waals surface area contributed by atoms with E-state index >= 15 is 0 Å². The molecule has 0 radical (unpaired) electrons. The first-order valence-corrected chi connectivity index (χ1v) is 10.9. The number of unbranched alkanes of at least 4 members (excludes halogenated alkanes) is 9. The molecule has 0 aromatic rings. The molecule has 0 aromatic carbocycles. The van der Waals surface area contributed by atoms with E-state index in [1.807, 2.05) is 13.8 Å². The second-order valence-corrected chi connectivity index (χ2v) is 7.72. The largest absolute Gasteiger partial charge is 0.463 e. The molecule has 1 saturated heterocycles. The van der Waals surface area contributed by atoms with Gasteiger partial charge in [0.15, 0.2) is 5.79 Å². The Morgan fingerprint density at radius 3 is 2.04 bits per heavy atom. The maximum atomic E-state index is 11.5. The van der Waals surface area contributed by atoms with E-state index in [1.54, 1.807) is 13.0 Å². The number of rotatable bonds is 14. The number of esters is 1. The molecule has 0 spiro atoms. The summed E-state index contributed by atoms with van der Waals surface area (Å²) in [7, 11) is 0. The molecular formula is C23H40O4. The number of carbonyl (C=O) groups excluding carboxylic acids is 1. The summed E-state index contributed by atoms with van der Waals surface area (Å²) in [6, 6.07) is 0. The highest BCUT2D eigenvalue weighted by atomic mass is 16.7. The first-order chi connectivity index (χ1) is 13.0. The maximum Gasteiger partial charge on any atom is 0.330 e. The van der Waals surface area contributed by atoms with Crippen LogP contribution in [0.4, 0.5) is 0 Å². The lowest BCUT2D eigenvalue weighted by atomic mass is 10.1. The number of allylic oxidation sites excluding steroid dienone is 1. The Labute approximate surface area is 166 Å². The minimum Gasteiger partial charge on any atom is -0.463 e. The van der Waals surface area contributed by atoms with Crippen molar-refractivity contribution >= 4 is 5.97 Å². The van der Waals surface area contributed by atoms with E-state index in [0.29, 0.717) is 6.61 Å². The lowest BCUT2D eigenvalue weighted by molar-refractivity contribution is -0.140.